The van der Waals surface area contributed by atoms with Gasteiger partial charge in [0.15, 0.2) is 0 Å². The minimum absolute atomic E-state index is 0.0156. The fraction of sp³-hybridized carbons (Fsp3) is 0.533. The van der Waals surface area contributed by atoms with E-state index < -0.39 is 0 Å². The molecule has 1 aromatic rings. The molecule has 0 aliphatic heterocycles. The minimum atomic E-state index is -0.0496. The van der Waals surface area contributed by atoms with E-state index in [0.29, 0.717) is 30.3 Å². The molecule has 0 unspecified atom stereocenters. The van der Waals surface area contributed by atoms with Gasteiger partial charge in [-0.25, -0.2) is 0 Å². The van der Waals surface area contributed by atoms with Crippen LogP contribution in [0, 0.1) is 0 Å². The Hall–Kier alpha value is -1.26. The molecule has 0 bridgehead atoms. The number of benzene rings is 1. The van der Waals surface area contributed by atoms with Crippen LogP contribution in [0.25, 0.3) is 0 Å². The predicted octanol–water partition coefficient (Wildman–Crippen LogP) is 2.74. The van der Waals surface area contributed by atoms with Crippen LogP contribution >= 0.6 is 11.6 Å². The molecule has 1 amide bonds. The van der Waals surface area contributed by atoms with Crippen LogP contribution in [-0.4, -0.2) is 25.1 Å². The summed E-state index contributed by atoms with van der Waals surface area (Å²) in [5.41, 5.74) is 1.01. The number of ether oxygens (including phenoxy) is 1. The standard InChI is InChI=1S/C15H23ClN2O2/c1-15(2,3)18-10-11-6-5-7-12(16)14(11)20-9-8-13(19)17-4/h5-7,18H,8-10H2,1-4H3,(H,17,19). The summed E-state index contributed by atoms with van der Waals surface area (Å²) in [6.07, 6.45) is 0.313. The number of amides is 1. The smallest absolute Gasteiger partial charge is 0.223 e. The van der Waals surface area contributed by atoms with Crippen molar-refractivity contribution in [3.05, 3.63) is 28.8 Å². The molecule has 1 aromatic carbocycles. The van der Waals surface area contributed by atoms with E-state index in [-0.39, 0.29) is 11.4 Å². The van der Waals surface area contributed by atoms with Gasteiger partial charge in [-0.1, -0.05) is 23.7 Å². The van der Waals surface area contributed by atoms with Crippen LogP contribution in [0.2, 0.25) is 5.02 Å². The molecule has 0 spiro atoms. The number of halogens is 1. The first-order chi connectivity index (χ1) is 9.33. The lowest BCUT2D eigenvalue weighted by Gasteiger charge is -2.22. The minimum Gasteiger partial charge on any atom is -0.491 e. The molecule has 4 nitrogen and oxygen atoms in total. The molecule has 0 aliphatic rings. The Morgan fingerprint density at radius 3 is 2.65 bits per heavy atom. The van der Waals surface area contributed by atoms with E-state index in [9.17, 15) is 4.79 Å². The van der Waals surface area contributed by atoms with Gasteiger partial charge in [-0.3, -0.25) is 4.79 Å². The van der Waals surface area contributed by atoms with E-state index in [4.69, 9.17) is 16.3 Å². The Kier molecular flexibility index (Phi) is 6.30. The summed E-state index contributed by atoms with van der Waals surface area (Å²) in [6, 6.07) is 5.66. The predicted molar refractivity (Wildman–Crippen MR) is 82.2 cm³/mol. The van der Waals surface area contributed by atoms with Gasteiger partial charge in [0.2, 0.25) is 5.91 Å². The summed E-state index contributed by atoms with van der Waals surface area (Å²) in [5.74, 6) is 0.598. The first kappa shape index (κ1) is 16.8. The van der Waals surface area contributed by atoms with Crippen molar-refractivity contribution in [2.75, 3.05) is 13.7 Å². The third-order valence-corrected chi connectivity index (χ3v) is 3.01. The zero-order valence-electron chi connectivity index (χ0n) is 12.5. The molecule has 20 heavy (non-hydrogen) atoms. The fourth-order valence-electron chi connectivity index (χ4n) is 1.59. The van der Waals surface area contributed by atoms with Crippen LogP contribution in [0.3, 0.4) is 0 Å². The lowest BCUT2D eigenvalue weighted by atomic mass is 10.1. The molecule has 0 fully saturated rings. The maximum Gasteiger partial charge on any atom is 0.223 e. The highest BCUT2D eigenvalue weighted by atomic mass is 35.5. The van der Waals surface area contributed by atoms with Crippen LogP contribution in [0.4, 0.5) is 0 Å². The number of rotatable bonds is 6. The van der Waals surface area contributed by atoms with Crippen molar-refractivity contribution in [1.82, 2.24) is 10.6 Å². The molecular weight excluding hydrogens is 276 g/mol. The SMILES string of the molecule is CNC(=O)CCOc1c(Cl)cccc1CNC(C)(C)C. The van der Waals surface area contributed by atoms with Crippen molar-refractivity contribution in [1.29, 1.82) is 0 Å². The average molecular weight is 299 g/mol. The largest absolute Gasteiger partial charge is 0.491 e. The third-order valence-electron chi connectivity index (χ3n) is 2.71. The van der Waals surface area contributed by atoms with E-state index >= 15 is 0 Å². The zero-order valence-corrected chi connectivity index (χ0v) is 13.3. The van der Waals surface area contributed by atoms with Crippen molar-refractivity contribution in [3.63, 3.8) is 0 Å². The van der Waals surface area contributed by atoms with Crippen LogP contribution in [-0.2, 0) is 11.3 Å². The maximum absolute atomic E-state index is 11.2. The Labute approximate surface area is 125 Å². The average Bonchev–Trinajstić information content (AvgIpc) is 2.37. The van der Waals surface area contributed by atoms with Crippen molar-refractivity contribution in [2.45, 2.75) is 39.3 Å². The highest BCUT2D eigenvalue weighted by molar-refractivity contribution is 6.32. The third kappa shape index (κ3) is 5.80. The summed E-state index contributed by atoms with van der Waals surface area (Å²) < 4.78 is 5.67. The van der Waals surface area contributed by atoms with E-state index in [1.807, 2.05) is 12.1 Å². The Morgan fingerprint density at radius 1 is 1.35 bits per heavy atom. The van der Waals surface area contributed by atoms with Gasteiger partial charge in [0.1, 0.15) is 5.75 Å². The Balaban J connectivity index is 2.70. The summed E-state index contributed by atoms with van der Waals surface area (Å²) >= 11 is 6.18. The number of hydrogen-bond donors (Lipinski definition) is 2. The van der Waals surface area contributed by atoms with Gasteiger partial charge < -0.3 is 15.4 Å². The van der Waals surface area contributed by atoms with Crippen LogP contribution in [0.15, 0.2) is 18.2 Å². The molecule has 0 saturated carbocycles. The number of carbonyl (C=O) groups is 1. The molecule has 0 radical (unpaired) electrons. The van der Waals surface area contributed by atoms with E-state index in [1.54, 1.807) is 13.1 Å². The second-order valence-corrected chi connectivity index (χ2v) is 6.01. The van der Waals surface area contributed by atoms with E-state index in [2.05, 4.69) is 31.4 Å². The second kappa shape index (κ2) is 7.50. The maximum atomic E-state index is 11.2. The van der Waals surface area contributed by atoms with Gasteiger partial charge in [0.05, 0.1) is 18.1 Å². The lowest BCUT2D eigenvalue weighted by Crippen LogP contribution is -2.35. The quantitative estimate of drug-likeness (QED) is 0.849. The summed E-state index contributed by atoms with van der Waals surface area (Å²) in [4.78, 5) is 11.2. The Bertz CT molecular complexity index is 456. The monoisotopic (exact) mass is 298 g/mol. The van der Waals surface area contributed by atoms with E-state index in [1.165, 1.54) is 0 Å². The highest BCUT2D eigenvalue weighted by Gasteiger charge is 2.13. The molecule has 0 aromatic heterocycles. The zero-order chi connectivity index (χ0) is 15.2. The van der Waals surface area contributed by atoms with Gasteiger partial charge in [-0.05, 0) is 26.8 Å². The highest BCUT2D eigenvalue weighted by Crippen LogP contribution is 2.29. The summed E-state index contributed by atoms with van der Waals surface area (Å²) in [5, 5.41) is 6.52. The molecule has 112 valence electrons. The normalized spacial score (nSPS) is 11.2. The number of para-hydroxylation sites is 1. The first-order valence-electron chi connectivity index (χ1n) is 6.69. The van der Waals surface area contributed by atoms with Gasteiger partial charge >= 0.3 is 0 Å². The molecule has 0 atom stereocenters. The first-order valence-corrected chi connectivity index (χ1v) is 7.07. The topological polar surface area (TPSA) is 50.4 Å². The number of carbonyl (C=O) groups excluding carboxylic acids is 1. The van der Waals surface area contributed by atoms with Gasteiger partial charge in [0, 0.05) is 24.7 Å². The van der Waals surface area contributed by atoms with E-state index in [0.717, 1.165) is 5.56 Å². The van der Waals surface area contributed by atoms with Crippen molar-refractivity contribution in [2.24, 2.45) is 0 Å². The van der Waals surface area contributed by atoms with Gasteiger partial charge in [0.25, 0.3) is 0 Å². The van der Waals surface area contributed by atoms with Crippen molar-refractivity contribution in [3.8, 4) is 5.75 Å². The molecule has 2 N–H and O–H groups in total. The van der Waals surface area contributed by atoms with Crippen LogP contribution in [0.1, 0.15) is 32.8 Å². The lowest BCUT2D eigenvalue weighted by molar-refractivity contribution is -0.121. The molecule has 1 rings (SSSR count). The number of nitrogens with one attached hydrogen (secondary N) is 2. The molecular formula is C15H23ClN2O2. The summed E-state index contributed by atoms with van der Waals surface area (Å²) in [6.45, 7) is 7.28. The second-order valence-electron chi connectivity index (χ2n) is 5.60. The van der Waals surface area contributed by atoms with Gasteiger partial charge in [-0.15, -0.1) is 0 Å². The summed E-state index contributed by atoms with van der Waals surface area (Å²) in [7, 11) is 1.61. The molecule has 0 heterocycles. The van der Waals surface area contributed by atoms with Crippen LogP contribution in [0.5, 0.6) is 5.75 Å². The Morgan fingerprint density at radius 2 is 2.05 bits per heavy atom. The number of hydrogen-bond acceptors (Lipinski definition) is 3. The van der Waals surface area contributed by atoms with Crippen molar-refractivity contribution >= 4 is 17.5 Å². The molecule has 0 aliphatic carbocycles. The fourth-order valence-corrected chi connectivity index (χ4v) is 1.83. The molecule has 5 heteroatoms. The van der Waals surface area contributed by atoms with Crippen LogP contribution < -0.4 is 15.4 Å². The van der Waals surface area contributed by atoms with Gasteiger partial charge in [-0.2, -0.15) is 0 Å². The van der Waals surface area contributed by atoms with Crippen molar-refractivity contribution < 1.29 is 9.53 Å². The molecule has 0 saturated heterocycles.